The van der Waals surface area contributed by atoms with Gasteiger partial charge in [-0.2, -0.15) is 0 Å². The molecule has 124 valence electrons. The highest BCUT2D eigenvalue weighted by molar-refractivity contribution is 14.0. The van der Waals surface area contributed by atoms with Crippen molar-refractivity contribution in [2.45, 2.75) is 64.4 Å². The molecule has 5 heteroatoms. The maximum Gasteiger partial charge on any atom is 0.188 e. The van der Waals surface area contributed by atoms with Gasteiger partial charge in [0.05, 0.1) is 6.10 Å². The highest BCUT2D eigenvalue weighted by Crippen LogP contribution is 2.30. The van der Waals surface area contributed by atoms with E-state index >= 15 is 0 Å². The van der Waals surface area contributed by atoms with E-state index in [1.54, 1.807) is 0 Å². The number of halogens is 1. The lowest BCUT2D eigenvalue weighted by Crippen LogP contribution is -2.36. The molecular weight excluding hydrogens is 377 g/mol. The van der Waals surface area contributed by atoms with Gasteiger partial charge in [0.15, 0.2) is 5.96 Å². The van der Waals surface area contributed by atoms with Crippen molar-refractivity contribution in [1.29, 1.82) is 0 Å². The first-order valence-electron chi connectivity index (χ1n) is 8.45. The second-order valence-electron chi connectivity index (χ2n) is 6.28. The fourth-order valence-corrected chi connectivity index (χ4v) is 3.30. The molecule has 1 unspecified atom stereocenters. The number of ether oxygens (including phenoxy) is 1. The average molecular weight is 409 g/mol. The first-order chi connectivity index (χ1) is 9.79. The van der Waals surface area contributed by atoms with E-state index in [1.807, 2.05) is 0 Å². The summed E-state index contributed by atoms with van der Waals surface area (Å²) in [7, 11) is 0. The van der Waals surface area contributed by atoms with E-state index in [2.05, 4.69) is 17.2 Å². The third kappa shape index (κ3) is 6.72. The molecule has 0 aromatic carbocycles. The molecule has 21 heavy (non-hydrogen) atoms. The van der Waals surface area contributed by atoms with E-state index in [0.717, 1.165) is 38.0 Å². The predicted octanol–water partition coefficient (Wildman–Crippen LogP) is 3.29. The van der Waals surface area contributed by atoms with Crippen LogP contribution in [0, 0.1) is 11.8 Å². The number of aliphatic imine (C=N–C) groups is 1. The molecule has 0 spiro atoms. The molecule has 0 aromatic rings. The molecule has 0 bridgehead atoms. The number of guanidine groups is 1. The summed E-state index contributed by atoms with van der Waals surface area (Å²) in [6, 6.07) is 0. The molecule has 3 N–H and O–H groups in total. The molecule has 0 heterocycles. The van der Waals surface area contributed by atoms with Crippen LogP contribution < -0.4 is 11.1 Å². The van der Waals surface area contributed by atoms with Crippen molar-refractivity contribution in [3.05, 3.63) is 0 Å². The van der Waals surface area contributed by atoms with Crippen molar-refractivity contribution < 1.29 is 4.74 Å². The molecule has 0 amide bonds. The number of hydrogen-bond acceptors (Lipinski definition) is 2. The summed E-state index contributed by atoms with van der Waals surface area (Å²) in [6.07, 6.45) is 10.8. The van der Waals surface area contributed by atoms with E-state index in [1.165, 1.54) is 44.9 Å². The standard InChI is InChI=1S/C16H31N3O.HI/c1-2-20-15(14-8-3-4-9-14)10-11-18-16(17)19-12-13-6-5-7-13;/h13-15H,2-12H2,1H3,(H3,17,18,19);1H. The van der Waals surface area contributed by atoms with Gasteiger partial charge in [0.2, 0.25) is 0 Å². The fraction of sp³-hybridized carbons (Fsp3) is 0.938. The second kappa shape index (κ2) is 10.6. The minimum atomic E-state index is 0. The summed E-state index contributed by atoms with van der Waals surface area (Å²) in [6.45, 7) is 4.67. The van der Waals surface area contributed by atoms with Crippen molar-refractivity contribution >= 4 is 29.9 Å². The van der Waals surface area contributed by atoms with Crippen molar-refractivity contribution in [2.24, 2.45) is 22.6 Å². The van der Waals surface area contributed by atoms with Gasteiger partial charge in [0, 0.05) is 19.7 Å². The van der Waals surface area contributed by atoms with E-state index in [0.29, 0.717) is 12.1 Å². The first kappa shape index (κ1) is 19.0. The minimum Gasteiger partial charge on any atom is -0.378 e. The lowest BCUT2D eigenvalue weighted by molar-refractivity contribution is 0.0170. The van der Waals surface area contributed by atoms with Gasteiger partial charge in [-0.3, -0.25) is 4.99 Å². The number of nitrogens with one attached hydrogen (secondary N) is 1. The van der Waals surface area contributed by atoms with E-state index < -0.39 is 0 Å². The Morgan fingerprint density at radius 3 is 2.52 bits per heavy atom. The monoisotopic (exact) mass is 409 g/mol. The van der Waals surface area contributed by atoms with Crippen molar-refractivity contribution in [2.75, 3.05) is 19.7 Å². The van der Waals surface area contributed by atoms with Gasteiger partial charge >= 0.3 is 0 Å². The maximum absolute atomic E-state index is 5.91. The highest BCUT2D eigenvalue weighted by atomic mass is 127. The Morgan fingerprint density at radius 1 is 1.24 bits per heavy atom. The molecular formula is C16H32IN3O. The molecule has 0 saturated heterocycles. The van der Waals surface area contributed by atoms with Crippen LogP contribution in [0.4, 0.5) is 0 Å². The topological polar surface area (TPSA) is 59.6 Å². The zero-order valence-electron chi connectivity index (χ0n) is 13.4. The van der Waals surface area contributed by atoms with Gasteiger partial charge in [-0.05, 0) is 50.9 Å². The van der Waals surface area contributed by atoms with Crippen LogP contribution in [0.25, 0.3) is 0 Å². The normalized spacial score (nSPS) is 21.7. The van der Waals surface area contributed by atoms with Gasteiger partial charge in [0.1, 0.15) is 0 Å². The molecule has 0 aliphatic heterocycles. The highest BCUT2D eigenvalue weighted by Gasteiger charge is 2.25. The molecule has 0 radical (unpaired) electrons. The third-order valence-electron chi connectivity index (χ3n) is 4.79. The Kier molecular flexibility index (Phi) is 9.64. The zero-order valence-corrected chi connectivity index (χ0v) is 15.7. The SMILES string of the molecule is CCOC(CCNC(N)=NCC1CCC1)C1CCCC1.I. The summed E-state index contributed by atoms with van der Waals surface area (Å²) >= 11 is 0. The fourth-order valence-electron chi connectivity index (χ4n) is 3.30. The Labute approximate surface area is 146 Å². The van der Waals surface area contributed by atoms with Crippen LogP contribution >= 0.6 is 24.0 Å². The molecule has 4 nitrogen and oxygen atoms in total. The van der Waals surface area contributed by atoms with Crippen LogP contribution in [-0.2, 0) is 4.74 Å². The van der Waals surface area contributed by atoms with Crippen molar-refractivity contribution in [1.82, 2.24) is 5.32 Å². The summed E-state index contributed by atoms with van der Waals surface area (Å²) in [4.78, 5) is 4.43. The Hall–Kier alpha value is -0.0400. The largest absolute Gasteiger partial charge is 0.378 e. The third-order valence-corrected chi connectivity index (χ3v) is 4.79. The van der Waals surface area contributed by atoms with Gasteiger partial charge in [-0.25, -0.2) is 0 Å². The Bertz CT molecular complexity index is 302. The molecule has 2 aliphatic carbocycles. The Balaban J connectivity index is 0.00000220. The number of rotatable bonds is 8. The summed E-state index contributed by atoms with van der Waals surface area (Å²) in [5.41, 5.74) is 5.91. The molecule has 1 atom stereocenters. The Morgan fingerprint density at radius 2 is 1.95 bits per heavy atom. The van der Waals surface area contributed by atoms with E-state index in [-0.39, 0.29) is 24.0 Å². The van der Waals surface area contributed by atoms with E-state index in [4.69, 9.17) is 10.5 Å². The molecule has 2 aliphatic rings. The first-order valence-corrected chi connectivity index (χ1v) is 8.45. The summed E-state index contributed by atoms with van der Waals surface area (Å²) < 4.78 is 5.91. The second-order valence-corrected chi connectivity index (χ2v) is 6.28. The van der Waals surface area contributed by atoms with Crippen LogP contribution in [0.3, 0.4) is 0 Å². The smallest absolute Gasteiger partial charge is 0.188 e. The zero-order chi connectivity index (χ0) is 14.2. The van der Waals surface area contributed by atoms with Crippen LogP contribution in [0.5, 0.6) is 0 Å². The predicted molar refractivity (Wildman–Crippen MR) is 99.2 cm³/mol. The quantitative estimate of drug-likeness (QED) is 0.368. The van der Waals surface area contributed by atoms with Gasteiger partial charge in [-0.15, -0.1) is 24.0 Å². The van der Waals surface area contributed by atoms with Gasteiger partial charge < -0.3 is 15.8 Å². The average Bonchev–Trinajstić information content (AvgIpc) is 2.89. The van der Waals surface area contributed by atoms with Crippen LogP contribution in [-0.4, -0.2) is 31.8 Å². The van der Waals surface area contributed by atoms with Crippen molar-refractivity contribution in [3.63, 3.8) is 0 Å². The summed E-state index contributed by atoms with van der Waals surface area (Å²) in [5.74, 6) is 2.15. The van der Waals surface area contributed by atoms with Crippen LogP contribution in [0.2, 0.25) is 0 Å². The summed E-state index contributed by atoms with van der Waals surface area (Å²) in [5, 5.41) is 3.25. The lowest BCUT2D eigenvalue weighted by Gasteiger charge is -2.24. The number of nitrogens with zero attached hydrogens (tertiary/aromatic N) is 1. The van der Waals surface area contributed by atoms with Gasteiger partial charge in [0.25, 0.3) is 0 Å². The molecule has 0 aromatic heterocycles. The number of hydrogen-bond donors (Lipinski definition) is 2. The van der Waals surface area contributed by atoms with E-state index in [9.17, 15) is 0 Å². The number of nitrogens with two attached hydrogens (primary N) is 1. The lowest BCUT2D eigenvalue weighted by atomic mass is 9.86. The molecule has 2 saturated carbocycles. The van der Waals surface area contributed by atoms with Crippen LogP contribution in [0.15, 0.2) is 4.99 Å². The van der Waals surface area contributed by atoms with Crippen LogP contribution in [0.1, 0.15) is 58.3 Å². The molecule has 2 fully saturated rings. The maximum atomic E-state index is 5.91. The van der Waals surface area contributed by atoms with Gasteiger partial charge in [-0.1, -0.05) is 19.3 Å². The van der Waals surface area contributed by atoms with Crippen molar-refractivity contribution in [3.8, 4) is 0 Å². The molecule has 2 rings (SSSR count). The minimum absolute atomic E-state index is 0.